The van der Waals surface area contributed by atoms with Crippen LogP contribution in [0.15, 0.2) is 0 Å². The lowest BCUT2D eigenvalue weighted by molar-refractivity contribution is -0.303. The van der Waals surface area contributed by atoms with Crippen LogP contribution in [0.2, 0.25) is 0 Å². The molecule has 1 heterocycles. The molecule has 1 rings (SSSR count). The lowest BCUT2D eigenvalue weighted by Crippen LogP contribution is -2.46. The monoisotopic (exact) mass is 202 g/mol. The van der Waals surface area contributed by atoms with Gasteiger partial charge in [-0.25, -0.2) is 0 Å². The summed E-state index contributed by atoms with van der Waals surface area (Å²) in [6, 6.07) is 0. The van der Waals surface area contributed by atoms with E-state index in [2.05, 4.69) is 0 Å². The Balaban J connectivity index is 2.56. The lowest BCUT2D eigenvalue weighted by Gasteiger charge is -2.40. The van der Waals surface area contributed by atoms with Crippen LogP contribution < -0.4 is 0 Å². The fourth-order valence-corrected chi connectivity index (χ4v) is 1.78. The van der Waals surface area contributed by atoms with Crippen LogP contribution in [0.1, 0.15) is 33.6 Å². The molecule has 14 heavy (non-hydrogen) atoms. The number of Topliss-reactive ketones (excluding diaryl/α,β-unsaturated/α-hetero) is 1. The van der Waals surface area contributed by atoms with Gasteiger partial charge in [-0.2, -0.15) is 0 Å². The van der Waals surface area contributed by atoms with Gasteiger partial charge in [0.05, 0.1) is 18.8 Å². The smallest absolute Gasteiger partial charge is 0.163 e. The van der Waals surface area contributed by atoms with Crippen molar-refractivity contribution < 1.29 is 19.4 Å². The highest BCUT2D eigenvalue weighted by Crippen LogP contribution is 2.27. The van der Waals surface area contributed by atoms with Crippen molar-refractivity contribution in [1.29, 1.82) is 0 Å². The van der Waals surface area contributed by atoms with Crippen LogP contribution in [-0.4, -0.2) is 35.5 Å². The molecule has 1 fully saturated rings. The van der Waals surface area contributed by atoms with Crippen molar-refractivity contribution in [3.05, 3.63) is 0 Å². The van der Waals surface area contributed by atoms with Crippen LogP contribution in [0, 0.1) is 0 Å². The highest BCUT2D eigenvalue weighted by atomic mass is 16.7. The summed E-state index contributed by atoms with van der Waals surface area (Å²) >= 11 is 0. The Morgan fingerprint density at radius 3 is 2.50 bits per heavy atom. The Morgan fingerprint density at radius 2 is 2.00 bits per heavy atom. The first-order valence-electron chi connectivity index (χ1n) is 4.89. The first kappa shape index (κ1) is 11.6. The Kier molecular flexibility index (Phi) is 3.64. The molecule has 2 atom stereocenters. The van der Waals surface area contributed by atoms with E-state index in [4.69, 9.17) is 14.6 Å². The van der Waals surface area contributed by atoms with Crippen LogP contribution in [-0.2, 0) is 14.3 Å². The molecule has 0 radical (unpaired) electrons. The van der Waals surface area contributed by atoms with Gasteiger partial charge in [0.25, 0.3) is 0 Å². The second-order valence-corrected chi connectivity index (χ2v) is 4.20. The standard InChI is InChI=1S/C10H18O4/c1-7(12)4-8-5-9(6-11)14-10(2,3)13-8/h8-9,11H,4-6H2,1-3H3/t8-,9-/m0/s1. The molecule has 4 nitrogen and oxygen atoms in total. The summed E-state index contributed by atoms with van der Waals surface area (Å²) < 4.78 is 11.0. The maximum atomic E-state index is 10.9. The van der Waals surface area contributed by atoms with E-state index in [1.165, 1.54) is 0 Å². The molecule has 0 aromatic rings. The molecule has 0 aromatic heterocycles. The number of aliphatic hydroxyl groups excluding tert-OH is 1. The zero-order valence-electron chi connectivity index (χ0n) is 8.95. The zero-order chi connectivity index (χ0) is 10.8. The summed E-state index contributed by atoms with van der Waals surface area (Å²) in [5.41, 5.74) is 0. The van der Waals surface area contributed by atoms with Gasteiger partial charge in [0, 0.05) is 12.8 Å². The molecule has 0 spiro atoms. The Hall–Kier alpha value is -0.450. The zero-order valence-corrected chi connectivity index (χ0v) is 8.95. The van der Waals surface area contributed by atoms with Gasteiger partial charge in [-0.15, -0.1) is 0 Å². The molecule has 1 aliphatic heterocycles. The predicted molar refractivity (Wildman–Crippen MR) is 50.8 cm³/mol. The Morgan fingerprint density at radius 1 is 1.43 bits per heavy atom. The average molecular weight is 202 g/mol. The maximum absolute atomic E-state index is 10.9. The van der Waals surface area contributed by atoms with Gasteiger partial charge in [0.1, 0.15) is 5.78 Å². The number of hydrogen-bond acceptors (Lipinski definition) is 4. The van der Waals surface area contributed by atoms with E-state index in [1.807, 2.05) is 0 Å². The first-order chi connectivity index (χ1) is 6.43. The van der Waals surface area contributed by atoms with Crippen molar-refractivity contribution in [2.45, 2.75) is 51.6 Å². The number of carbonyl (C=O) groups is 1. The third kappa shape index (κ3) is 3.36. The van der Waals surface area contributed by atoms with Crippen LogP contribution in [0.3, 0.4) is 0 Å². The van der Waals surface area contributed by atoms with Crippen molar-refractivity contribution >= 4 is 5.78 Å². The van der Waals surface area contributed by atoms with Gasteiger partial charge in [-0.05, 0) is 20.8 Å². The summed E-state index contributed by atoms with van der Waals surface area (Å²) in [5, 5.41) is 9.01. The minimum Gasteiger partial charge on any atom is -0.394 e. The number of aliphatic hydroxyl groups is 1. The predicted octanol–water partition coefficient (Wildman–Crippen LogP) is 0.868. The SMILES string of the molecule is CC(=O)C[C@H]1C[C@@H](CO)OC(C)(C)O1. The summed E-state index contributed by atoms with van der Waals surface area (Å²) in [7, 11) is 0. The number of ketones is 1. The van der Waals surface area contributed by atoms with Crippen molar-refractivity contribution in [3.63, 3.8) is 0 Å². The van der Waals surface area contributed by atoms with Gasteiger partial charge in [0.2, 0.25) is 0 Å². The van der Waals surface area contributed by atoms with E-state index in [1.54, 1.807) is 20.8 Å². The van der Waals surface area contributed by atoms with Crippen molar-refractivity contribution in [3.8, 4) is 0 Å². The third-order valence-electron chi connectivity index (χ3n) is 2.15. The summed E-state index contributed by atoms with van der Waals surface area (Å²) in [6.45, 7) is 5.10. The van der Waals surface area contributed by atoms with Crippen LogP contribution >= 0.6 is 0 Å². The second kappa shape index (κ2) is 4.38. The van der Waals surface area contributed by atoms with Gasteiger partial charge >= 0.3 is 0 Å². The molecule has 0 aromatic carbocycles. The number of hydrogen-bond donors (Lipinski definition) is 1. The quantitative estimate of drug-likeness (QED) is 0.737. The molecule has 4 heteroatoms. The topological polar surface area (TPSA) is 55.8 Å². The van der Waals surface area contributed by atoms with Crippen molar-refractivity contribution in [2.75, 3.05) is 6.61 Å². The minimum absolute atomic E-state index is 0.0266. The van der Waals surface area contributed by atoms with Crippen molar-refractivity contribution in [1.82, 2.24) is 0 Å². The largest absolute Gasteiger partial charge is 0.394 e. The Bertz CT molecular complexity index is 212. The number of rotatable bonds is 3. The maximum Gasteiger partial charge on any atom is 0.163 e. The van der Waals surface area contributed by atoms with Gasteiger partial charge < -0.3 is 14.6 Å². The van der Waals surface area contributed by atoms with E-state index >= 15 is 0 Å². The van der Waals surface area contributed by atoms with Crippen LogP contribution in [0.25, 0.3) is 0 Å². The molecular weight excluding hydrogens is 184 g/mol. The van der Waals surface area contributed by atoms with Gasteiger partial charge in [-0.3, -0.25) is 4.79 Å². The van der Waals surface area contributed by atoms with Gasteiger partial charge in [0.15, 0.2) is 5.79 Å². The van der Waals surface area contributed by atoms with E-state index in [-0.39, 0.29) is 24.6 Å². The van der Waals surface area contributed by atoms with E-state index in [0.29, 0.717) is 12.8 Å². The fourth-order valence-electron chi connectivity index (χ4n) is 1.78. The molecule has 0 unspecified atom stereocenters. The third-order valence-corrected chi connectivity index (χ3v) is 2.15. The fraction of sp³-hybridized carbons (Fsp3) is 0.900. The number of ether oxygens (including phenoxy) is 2. The summed E-state index contributed by atoms with van der Waals surface area (Å²) in [6.07, 6.45) is 0.625. The molecule has 1 saturated heterocycles. The van der Waals surface area contributed by atoms with E-state index in [0.717, 1.165) is 0 Å². The second-order valence-electron chi connectivity index (χ2n) is 4.20. The van der Waals surface area contributed by atoms with Crippen LogP contribution in [0.4, 0.5) is 0 Å². The first-order valence-corrected chi connectivity index (χ1v) is 4.89. The molecular formula is C10H18O4. The molecule has 82 valence electrons. The molecule has 0 bridgehead atoms. The average Bonchev–Trinajstić information content (AvgIpc) is 1.99. The molecule has 1 aliphatic rings. The molecule has 0 amide bonds. The lowest BCUT2D eigenvalue weighted by atomic mass is 10.0. The molecule has 0 saturated carbocycles. The van der Waals surface area contributed by atoms with Crippen LogP contribution in [0.5, 0.6) is 0 Å². The highest BCUT2D eigenvalue weighted by molar-refractivity contribution is 5.75. The Labute approximate surface area is 84.2 Å². The van der Waals surface area contributed by atoms with Gasteiger partial charge in [-0.1, -0.05) is 0 Å². The normalized spacial score (nSPS) is 31.4. The number of carbonyl (C=O) groups excluding carboxylic acids is 1. The molecule has 0 aliphatic carbocycles. The molecule has 1 N–H and O–H groups in total. The van der Waals surface area contributed by atoms with E-state index < -0.39 is 5.79 Å². The summed E-state index contributed by atoms with van der Waals surface area (Å²) in [5.74, 6) is -0.601. The van der Waals surface area contributed by atoms with E-state index in [9.17, 15) is 4.79 Å². The summed E-state index contributed by atoms with van der Waals surface area (Å²) in [4.78, 5) is 10.9. The minimum atomic E-state index is -0.703. The highest BCUT2D eigenvalue weighted by Gasteiger charge is 2.35. The van der Waals surface area contributed by atoms with Crippen molar-refractivity contribution in [2.24, 2.45) is 0 Å².